The number of hydrogen-bond acceptors (Lipinski definition) is 3. The van der Waals surface area contributed by atoms with Gasteiger partial charge >= 0.3 is 5.97 Å². The van der Waals surface area contributed by atoms with Crippen molar-refractivity contribution in [2.24, 2.45) is 0 Å². The molecule has 0 bridgehead atoms. The molecule has 1 aromatic carbocycles. The topological polar surface area (TPSA) is 69.6 Å². The van der Waals surface area contributed by atoms with E-state index in [2.05, 4.69) is 5.32 Å². The third kappa shape index (κ3) is 4.18. The van der Waals surface area contributed by atoms with Gasteiger partial charge in [0.2, 0.25) is 5.91 Å². The zero-order chi connectivity index (χ0) is 13.5. The number of nitrogens with zero attached hydrogens (tertiary/aromatic N) is 1. The van der Waals surface area contributed by atoms with Gasteiger partial charge in [-0.2, -0.15) is 0 Å². The molecule has 0 aliphatic carbocycles. The quantitative estimate of drug-likeness (QED) is 0.793. The lowest BCUT2D eigenvalue weighted by atomic mass is 10.2. The van der Waals surface area contributed by atoms with Crippen LogP contribution in [0.2, 0.25) is 0 Å². The summed E-state index contributed by atoms with van der Waals surface area (Å²) < 4.78 is 0. The van der Waals surface area contributed by atoms with Crippen molar-refractivity contribution in [1.29, 1.82) is 0 Å². The Kier molecular flexibility index (Phi) is 5.32. The van der Waals surface area contributed by atoms with Gasteiger partial charge in [0.05, 0.1) is 13.1 Å². The van der Waals surface area contributed by atoms with E-state index in [-0.39, 0.29) is 25.0 Å². The van der Waals surface area contributed by atoms with Crippen LogP contribution in [-0.2, 0) is 9.59 Å². The Morgan fingerprint density at radius 3 is 2.33 bits per heavy atom. The average molecular weight is 250 g/mol. The van der Waals surface area contributed by atoms with Crippen LogP contribution in [0.1, 0.15) is 13.8 Å². The molecule has 0 atom stereocenters. The van der Waals surface area contributed by atoms with Crippen molar-refractivity contribution in [1.82, 2.24) is 5.32 Å². The summed E-state index contributed by atoms with van der Waals surface area (Å²) in [6.07, 6.45) is 0. The summed E-state index contributed by atoms with van der Waals surface area (Å²) in [7, 11) is 0. The molecular weight excluding hydrogens is 232 g/mol. The Morgan fingerprint density at radius 2 is 1.83 bits per heavy atom. The van der Waals surface area contributed by atoms with E-state index in [1.54, 1.807) is 4.90 Å². The van der Waals surface area contributed by atoms with Crippen LogP contribution in [0.25, 0.3) is 0 Å². The number of carboxylic acid groups (broad SMARTS) is 1. The SMILES string of the molecule is CC(C)N(C(=O)CNCC(=O)O)c1ccccc1. The molecule has 18 heavy (non-hydrogen) atoms. The minimum atomic E-state index is -0.974. The summed E-state index contributed by atoms with van der Waals surface area (Å²) in [5.74, 6) is -1.11. The molecule has 0 saturated heterocycles. The Labute approximate surface area is 106 Å². The summed E-state index contributed by atoms with van der Waals surface area (Å²) in [5, 5.41) is 11.1. The summed E-state index contributed by atoms with van der Waals surface area (Å²) in [4.78, 5) is 24.1. The predicted molar refractivity (Wildman–Crippen MR) is 69.6 cm³/mol. The molecule has 0 heterocycles. The van der Waals surface area contributed by atoms with Crippen molar-refractivity contribution >= 4 is 17.6 Å². The van der Waals surface area contributed by atoms with Crippen molar-refractivity contribution in [2.45, 2.75) is 19.9 Å². The lowest BCUT2D eigenvalue weighted by molar-refractivity contribution is -0.135. The molecule has 5 nitrogen and oxygen atoms in total. The fourth-order valence-corrected chi connectivity index (χ4v) is 1.68. The van der Waals surface area contributed by atoms with Crippen LogP contribution >= 0.6 is 0 Å². The van der Waals surface area contributed by atoms with Gasteiger partial charge in [-0.15, -0.1) is 0 Å². The van der Waals surface area contributed by atoms with E-state index in [0.717, 1.165) is 5.69 Å². The number of amides is 1. The normalized spacial score (nSPS) is 10.4. The number of rotatable bonds is 6. The third-order valence-electron chi connectivity index (χ3n) is 2.37. The predicted octanol–water partition coefficient (Wildman–Crippen LogP) is 1.10. The fraction of sp³-hybridized carbons (Fsp3) is 0.385. The summed E-state index contributed by atoms with van der Waals surface area (Å²) >= 11 is 0. The van der Waals surface area contributed by atoms with Crippen molar-refractivity contribution in [3.63, 3.8) is 0 Å². The maximum absolute atomic E-state index is 12.0. The van der Waals surface area contributed by atoms with Crippen LogP contribution in [0.15, 0.2) is 30.3 Å². The molecule has 2 N–H and O–H groups in total. The first kappa shape index (κ1) is 14.2. The van der Waals surface area contributed by atoms with E-state index in [1.807, 2.05) is 44.2 Å². The van der Waals surface area contributed by atoms with Crippen LogP contribution in [-0.4, -0.2) is 36.1 Å². The highest BCUT2D eigenvalue weighted by molar-refractivity contribution is 5.95. The Balaban J connectivity index is 2.68. The molecule has 1 rings (SSSR count). The second-order valence-corrected chi connectivity index (χ2v) is 4.19. The van der Waals surface area contributed by atoms with E-state index in [0.29, 0.717) is 0 Å². The minimum absolute atomic E-state index is 0.0133. The highest BCUT2D eigenvalue weighted by Crippen LogP contribution is 2.16. The number of carbonyl (C=O) groups excluding carboxylic acids is 1. The fourth-order valence-electron chi connectivity index (χ4n) is 1.68. The Hall–Kier alpha value is -1.88. The van der Waals surface area contributed by atoms with E-state index in [1.165, 1.54) is 0 Å². The first-order valence-electron chi connectivity index (χ1n) is 5.82. The molecule has 1 amide bonds. The van der Waals surface area contributed by atoms with Gasteiger partial charge in [0, 0.05) is 11.7 Å². The first-order valence-corrected chi connectivity index (χ1v) is 5.82. The van der Waals surface area contributed by atoms with E-state index < -0.39 is 5.97 Å². The van der Waals surface area contributed by atoms with Crippen molar-refractivity contribution in [3.8, 4) is 0 Å². The summed E-state index contributed by atoms with van der Waals surface area (Å²) in [6, 6.07) is 9.34. The van der Waals surface area contributed by atoms with Gasteiger partial charge in [-0.1, -0.05) is 18.2 Å². The molecule has 98 valence electrons. The zero-order valence-corrected chi connectivity index (χ0v) is 10.6. The van der Waals surface area contributed by atoms with E-state index >= 15 is 0 Å². The molecule has 0 aromatic heterocycles. The Bertz CT molecular complexity index is 404. The van der Waals surface area contributed by atoms with Gasteiger partial charge in [-0.25, -0.2) is 0 Å². The number of para-hydroxylation sites is 1. The van der Waals surface area contributed by atoms with Gasteiger partial charge in [0.25, 0.3) is 0 Å². The van der Waals surface area contributed by atoms with Crippen molar-refractivity contribution in [3.05, 3.63) is 30.3 Å². The number of anilines is 1. The van der Waals surface area contributed by atoms with Gasteiger partial charge in [0.15, 0.2) is 0 Å². The van der Waals surface area contributed by atoms with E-state index in [4.69, 9.17) is 5.11 Å². The van der Waals surface area contributed by atoms with Crippen LogP contribution in [0, 0.1) is 0 Å². The Morgan fingerprint density at radius 1 is 1.22 bits per heavy atom. The third-order valence-corrected chi connectivity index (χ3v) is 2.37. The first-order chi connectivity index (χ1) is 8.52. The van der Waals surface area contributed by atoms with Gasteiger partial charge in [-0.3, -0.25) is 14.9 Å². The number of carboxylic acids is 1. The van der Waals surface area contributed by atoms with Crippen LogP contribution < -0.4 is 10.2 Å². The number of hydrogen-bond donors (Lipinski definition) is 2. The molecule has 0 aliphatic heterocycles. The molecule has 0 unspecified atom stereocenters. The number of aliphatic carboxylic acids is 1. The van der Waals surface area contributed by atoms with Gasteiger partial charge < -0.3 is 10.0 Å². The van der Waals surface area contributed by atoms with Gasteiger partial charge in [-0.05, 0) is 26.0 Å². The van der Waals surface area contributed by atoms with E-state index in [9.17, 15) is 9.59 Å². The monoisotopic (exact) mass is 250 g/mol. The largest absolute Gasteiger partial charge is 0.480 e. The number of benzene rings is 1. The maximum atomic E-state index is 12.0. The van der Waals surface area contributed by atoms with Crippen LogP contribution in [0.3, 0.4) is 0 Å². The minimum Gasteiger partial charge on any atom is -0.480 e. The molecule has 5 heteroatoms. The molecule has 0 spiro atoms. The molecule has 0 radical (unpaired) electrons. The van der Waals surface area contributed by atoms with Crippen molar-refractivity contribution in [2.75, 3.05) is 18.0 Å². The lowest BCUT2D eigenvalue weighted by Crippen LogP contribution is -2.43. The van der Waals surface area contributed by atoms with Crippen LogP contribution in [0.4, 0.5) is 5.69 Å². The molecule has 1 aromatic rings. The lowest BCUT2D eigenvalue weighted by Gasteiger charge is -2.27. The highest BCUT2D eigenvalue weighted by atomic mass is 16.4. The highest BCUT2D eigenvalue weighted by Gasteiger charge is 2.18. The van der Waals surface area contributed by atoms with Crippen molar-refractivity contribution < 1.29 is 14.7 Å². The molecular formula is C13H18N2O3. The van der Waals surface area contributed by atoms with Gasteiger partial charge in [0.1, 0.15) is 0 Å². The molecule has 0 saturated carbocycles. The number of nitrogens with one attached hydrogen (secondary N) is 1. The second kappa shape index (κ2) is 6.76. The summed E-state index contributed by atoms with van der Waals surface area (Å²) in [5.41, 5.74) is 0.814. The van der Waals surface area contributed by atoms with Crippen LogP contribution in [0.5, 0.6) is 0 Å². The number of carbonyl (C=O) groups is 2. The summed E-state index contributed by atoms with van der Waals surface area (Å²) in [6.45, 7) is 3.63. The molecule has 0 aliphatic rings. The maximum Gasteiger partial charge on any atom is 0.317 e. The smallest absolute Gasteiger partial charge is 0.317 e. The molecule has 0 fully saturated rings. The average Bonchev–Trinajstić information content (AvgIpc) is 2.29. The second-order valence-electron chi connectivity index (χ2n) is 4.19. The zero-order valence-electron chi connectivity index (χ0n) is 10.6. The standard InChI is InChI=1S/C13H18N2O3/c1-10(2)15(11-6-4-3-5-7-11)12(16)8-14-9-13(17)18/h3-7,10,14H,8-9H2,1-2H3,(H,17,18).